The molecule has 2 aromatic rings. The molecule has 4 rings (SSSR count). The van der Waals surface area contributed by atoms with Crippen LogP contribution in [0.1, 0.15) is 46.7 Å². The second-order valence-corrected chi connectivity index (χ2v) is 10.7. The van der Waals surface area contributed by atoms with Gasteiger partial charge in [0.15, 0.2) is 5.78 Å². The lowest BCUT2D eigenvalue weighted by Gasteiger charge is -2.23. The minimum absolute atomic E-state index is 0.0105. The van der Waals surface area contributed by atoms with E-state index in [1.165, 1.54) is 11.3 Å². The van der Waals surface area contributed by atoms with Crippen molar-refractivity contribution in [2.24, 2.45) is 0 Å². The number of fused-ring (bicyclic) bond motifs is 4. The summed E-state index contributed by atoms with van der Waals surface area (Å²) in [6, 6.07) is 0. The highest BCUT2D eigenvalue weighted by Gasteiger charge is 2.41. The van der Waals surface area contributed by atoms with Crippen molar-refractivity contribution in [3.63, 3.8) is 0 Å². The Morgan fingerprint density at radius 2 is 1.95 bits per heavy atom. The number of halogens is 2. The van der Waals surface area contributed by atoms with Gasteiger partial charge in [0.2, 0.25) is 0 Å². The Balaban J connectivity index is 2.00. The quantitative estimate of drug-likeness (QED) is 0.579. The first-order chi connectivity index (χ1) is 10.5. The lowest BCUT2D eigenvalue weighted by Crippen LogP contribution is -2.30. The molecule has 7 heteroatoms. The van der Waals surface area contributed by atoms with E-state index in [0.29, 0.717) is 23.1 Å². The van der Waals surface area contributed by atoms with Gasteiger partial charge in [0.25, 0.3) is 5.56 Å². The smallest absolute Gasteiger partial charge is 0.262 e. The van der Waals surface area contributed by atoms with E-state index in [4.69, 9.17) is 4.98 Å². The molecule has 4 nitrogen and oxygen atoms in total. The Labute approximate surface area is 148 Å². The molecule has 0 atom stereocenters. The average Bonchev–Trinajstić information content (AvgIpc) is 2.67. The molecule has 0 radical (unpaired) electrons. The highest BCUT2D eigenvalue weighted by atomic mass is 79.9. The first-order valence-corrected chi connectivity index (χ1v) is 9.87. The Kier molecular flexibility index (Phi) is 3.58. The zero-order chi connectivity index (χ0) is 15.5. The van der Waals surface area contributed by atoms with Crippen LogP contribution in [0.3, 0.4) is 0 Å². The maximum Gasteiger partial charge on any atom is 0.262 e. The van der Waals surface area contributed by atoms with Gasteiger partial charge in [0.05, 0.1) is 10.3 Å². The van der Waals surface area contributed by atoms with E-state index >= 15 is 0 Å². The van der Waals surface area contributed by atoms with Gasteiger partial charge in [-0.1, -0.05) is 38.3 Å². The Morgan fingerprint density at radius 3 is 2.77 bits per heavy atom. The molecular formula is C15H14Br2N2O2S. The van der Waals surface area contributed by atoms with Gasteiger partial charge >= 0.3 is 0 Å². The predicted octanol–water partition coefficient (Wildman–Crippen LogP) is 3.80. The first kappa shape index (κ1) is 15.0. The number of aromatic nitrogens is 2. The number of thiophene rings is 1. The van der Waals surface area contributed by atoms with Crippen LogP contribution in [0.5, 0.6) is 0 Å². The van der Waals surface area contributed by atoms with E-state index < -0.39 is 3.23 Å². The molecule has 1 aliphatic heterocycles. The van der Waals surface area contributed by atoms with Gasteiger partial charge in [-0.3, -0.25) is 14.2 Å². The molecule has 0 N–H and O–H groups in total. The third-order valence-electron chi connectivity index (χ3n) is 4.50. The second kappa shape index (κ2) is 5.24. The number of nitrogens with zero attached hydrogens (tertiary/aromatic N) is 2. The van der Waals surface area contributed by atoms with Crippen LogP contribution in [0.25, 0.3) is 10.2 Å². The second-order valence-electron chi connectivity index (χ2n) is 5.92. The fourth-order valence-corrected chi connectivity index (χ4v) is 5.62. The third-order valence-corrected chi connectivity index (χ3v) is 7.14. The van der Waals surface area contributed by atoms with Crippen LogP contribution in [0, 0.1) is 0 Å². The molecule has 1 aliphatic carbocycles. The standard InChI is InChI=1S/C15H14Br2N2O2S/c16-15(17)6-5-8-10-13(22-11(8)12(15)20)18-9-4-2-1-3-7-19(9)14(10)21/h1-7H2. The van der Waals surface area contributed by atoms with E-state index in [9.17, 15) is 9.59 Å². The maximum absolute atomic E-state index is 12.9. The van der Waals surface area contributed by atoms with Crippen LogP contribution in [-0.2, 0) is 19.4 Å². The summed E-state index contributed by atoms with van der Waals surface area (Å²) in [6.45, 7) is 0.747. The summed E-state index contributed by atoms with van der Waals surface area (Å²) in [5.41, 5.74) is 0.945. The van der Waals surface area contributed by atoms with E-state index in [2.05, 4.69) is 31.9 Å². The van der Waals surface area contributed by atoms with Gasteiger partial charge in [0, 0.05) is 13.0 Å². The zero-order valence-corrected chi connectivity index (χ0v) is 15.8. The van der Waals surface area contributed by atoms with Crippen LogP contribution in [0.15, 0.2) is 4.79 Å². The van der Waals surface area contributed by atoms with Crippen molar-refractivity contribution < 1.29 is 4.79 Å². The molecule has 0 amide bonds. The normalized spacial score (nSPS) is 20.5. The lowest BCUT2D eigenvalue weighted by molar-refractivity contribution is 0.0977. The molecule has 0 aromatic carbocycles. The van der Waals surface area contributed by atoms with Gasteiger partial charge in [0.1, 0.15) is 13.9 Å². The fraction of sp³-hybridized carbons (Fsp3) is 0.533. The third kappa shape index (κ3) is 2.16. The number of ketones is 1. The van der Waals surface area contributed by atoms with Gasteiger partial charge in [-0.2, -0.15) is 0 Å². The molecule has 22 heavy (non-hydrogen) atoms. The van der Waals surface area contributed by atoms with Gasteiger partial charge in [-0.25, -0.2) is 4.98 Å². The van der Waals surface area contributed by atoms with Crippen molar-refractivity contribution in [2.45, 2.75) is 48.3 Å². The van der Waals surface area contributed by atoms with Gasteiger partial charge < -0.3 is 0 Å². The van der Waals surface area contributed by atoms with Crippen molar-refractivity contribution in [3.8, 4) is 0 Å². The van der Waals surface area contributed by atoms with Crippen molar-refractivity contribution in [1.82, 2.24) is 9.55 Å². The summed E-state index contributed by atoms with van der Waals surface area (Å²) in [5.74, 6) is 0.890. The molecule has 0 spiro atoms. The van der Waals surface area contributed by atoms with Crippen molar-refractivity contribution in [1.29, 1.82) is 0 Å². The molecular weight excluding hydrogens is 432 g/mol. The number of hydrogen-bond acceptors (Lipinski definition) is 4. The Morgan fingerprint density at radius 1 is 1.14 bits per heavy atom. The summed E-state index contributed by atoms with van der Waals surface area (Å²) < 4.78 is 1.14. The molecule has 2 aromatic heterocycles. The van der Waals surface area contributed by atoms with Crippen LogP contribution < -0.4 is 5.56 Å². The van der Waals surface area contributed by atoms with E-state index in [0.717, 1.165) is 48.4 Å². The van der Waals surface area contributed by atoms with Crippen LogP contribution in [-0.4, -0.2) is 18.6 Å². The van der Waals surface area contributed by atoms with Gasteiger partial charge in [-0.05, 0) is 31.2 Å². The number of aryl methyl sites for hydroxylation is 2. The Bertz CT molecular complexity index is 853. The predicted molar refractivity (Wildman–Crippen MR) is 94.7 cm³/mol. The average molecular weight is 446 g/mol. The van der Waals surface area contributed by atoms with Crippen molar-refractivity contribution >= 4 is 59.2 Å². The summed E-state index contributed by atoms with van der Waals surface area (Å²) in [6.07, 6.45) is 5.45. The molecule has 2 aliphatic rings. The summed E-state index contributed by atoms with van der Waals surface area (Å²) in [4.78, 5) is 31.6. The summed E-state index contributed by atoms with van der Waals surface area (Å²) >= 11 is 8.27. The number of alkyl halides is 2. The summed E-state index contributed by atoms with van der Waals surface area (Å²) in [7, 11) is 0. The largest absolute Gasteiger partial charge is 0.296 e. The first-order valence-electron chi connectivity index (χ1n) is 7.47. The number of Topliss-reactive ketones (excluding diaryl/α,β-unsaturated/α-hetero) is 1. The zero-order valence-electron chi connectivity index (χ0n) is 11.8. The molecule has 3 heterocycles. The van der Waals surface area contributed by atoms with Crippen molar-refractivity contribution in [3.05, 3.63) is 26.6 Å². The molecule has 0 saturated heterocycles. The van der Waals surface area contributed by atoms with Crippen LogP contribution in [0.2, 0.25) is 0 Å². The number of hydrogen-bond donors (Lipinski definition) is 0. The molecule has 0 saturated carbocycles. The van der Waals surface area contributed by atoms with Gasteiger partial charge in [-0.15, -0.1) is 11.3 Å². The Hall–Kier alpha value is -0.530. The highest BCUT2D eigenvalue weighted by molar-refractivity contribution is 9.26. The fourth-order valence-electron chi connectivity index (χ4n) is 3.32. The van der Waals surface area contributed by atoms with E-state index in [1.54, 1.807) is 0 Å². The minimum Gasteiger partial charge on any atom is -0.296 e. The number of carbonyl (C=O) groups excluding carboxylic acids is 1. The van der Waals surface area contributed by atoms with Crippen LogP contribution >= 0.6 is 43.2 Å². The maximum atomic E-state index is 12.9. The SMILES string of the molecule is O=C1c2sc3nc4n(c(=O)c3c2CCC1(Br)Br)CCCCC4. The molecule has 0 fully saturated rings. The molecule has 0 bridgehead atoms. The van der Waals surface area contributed by atoms with Crippen molar-refractivity contribution in [2.75, 3.05) is 0 Å². The molecule has 116 valence electrons. The highest BCUT2D eigenvalue weighted by Crippen LogP contribution is 2.44. The van der Waals surface area contributed by atoms with E-state index in [-0.39, 0.29) is 11.3 Å². The number of carbonyl (C=O) groups is 1. The van der Waals surface area contributed by atoms with Crippen LogP contribution in [0.4, 0.5) is 0 Å². The number of rotatable bonds is 0. The monoisotopic (exact) mass is 444 g/mol. The topological polar surface area (TPSA) is 52.0 Å². The summed E-state index contributed by atoms with van der Waals surface area (Å²) in [5, 5.41) is 0.675. The lowest BCUT2D eigenvalue weighted by atomic mass is 9.96. The minimum atomic E-state index is -0.693. The molecule has 0 unspecified atom stereocenters. The van der Waals surface area contributed by atoms with E-state index in [1.807, 2.05) is 4.57 Å².